The highest BCUT2D eigenvalue weighted by molar-refractivity contribution is 9.10. The number of aliphatic hydroxyl groups excluding tert-OH is 1. The Morgan fingerprint density at radius 1 is 1.10 bits per heavy atom. The van der Waals surface area contributed by atoms with Gasteiger partial charge in [-0.25, -0.2) is 4.39 Å². The summed E-state index contributed by atoms with van der Waals surface area (Å²) < 4.78 is 20.1. The molecule has 0 atom stereocenters. The highest BCUT2D eigenvalue weighted by Gasteiger charge is 2.13. The lowest BCUT2D eigenvalue weighted by Crippen LogP contribution is -2.01. The summed E-state index contributed by atoms with van der Waals surface area (Å²) in [5.41, 5.74) is 7.03. The molecule has 20 heavy (non-hydrogen) atoms. The summed E-state index contributed by atoms with van der Waals surface area (Å²) in [5.74, 6) is 0.180. The summed E-state index contributed by atoms with van der Waals surface area (Å²) in [7, 11) is 0. The van der Waals surface area contributed by atoms with E-state index >= 15 is 0 Å². The maximum Gasteiger partial charge on any atom is 0.180 e. The van der Waals surface area contributed by atoms with E-state index in [1.807, 2.05) is 12.1 Å². The van der Waals surface area contributed by atoms with Crippen molar-refractivity contribution in [3.63, 3.8) is 0 Å². The molecular weight excluding hydrogens is 325 g/mol. The average Bonchev–Trinajstić information content (AvgIpc) is 2.46. The number of rotatable bonds is 5. The topological polar surface area (TPSA) is 55.5 Å². The van der Waals surface area contributed by atoms with Crippen LogP contribution in [0.25, 0.3) is 0 Å². The Morgan fingerprint density at radius 2 is 1.85 bits per heavy atom. The van der Waals surface area contributed by atoms with Crippen molar-refractivity contribution in [2.75, 3.05) is 6.61 Å². The number of hydrogen-bond acceptors (Lipinski definition) is 3. The van der Waals surface area contributed by atoms with Gasteiger partial charge in [0.15, 0.2) is 11.6 Å². The standard InChI is InChI=1S/C15H15BrFNO2/c16-14-11(9-18)5-6-13(15(14)17)20-12-4-2-1-3-10(12)7-8-19/h1-6,19H,7-9,18H2. The van der Waals surface area contributed by atoms with E-state index in [2.05, 4.69) is 15.9 Å². The molecule has 0 aromatic heterocycles. The van der Waals surface area contributed by atoms with Gasteiger partial charge in [0.1, 0.15) is 5.75 Å². The molecule has 0 fully saturated rings. The fourth-order valence-electron chi connectivity index (χ4n) is 1.86. The van der Waals surface area contributed by atoms with Crippen LogP contribution in [0.3, 0.4) is 0 Å². The lowest BCUT2D eigenvalue weighted by Gasteiger charge is -2.13. The zero-order chi connectivity index (χ0) is 14.5. The number of para-hydroxylation sites is 1. The molecule has 106 valence electrons. The third-order valence-electron chi connectivity index (χ3n) is 2.92. The number of benzene rings is 2. The van der Waals surface area contributed by atoms with Crippen molar-refractivity contribution >= 4 is 15.9 Å². The third-order valence-corrected chi connectivity index (χ3v) is 3.78. The van der Waals surface area contributed by atoms with Crippen LogP contribution >= 0.6 is 15.9 Å². The van der Waals surface area contributed by atoms with Gasteiger partial charge in [-0.15, -0.1) is 0 Å². The first-order chi connectivity index (χ1) is 9.67. The molecule has 2 aromatic carbocycles. The molecule has 0 aliphatic heterocycles. The molecule has 0 amide bonds. The van der Waals surface area contributed by atoms with Crippen LogP contribution in [0.2, 0.25) is 0 Å². The molecule has 0 radical (unpaired) electrons. The average molecular weight is 340 g/mol. The van der Waals surface area contributed by atoms with E-state index in [-0.39, 0.29) is 18.9 Å². The molecule has 0 saturated carbocycles. The zero-order valence-corrected chi connectivity index (χ0v) is 12.4. The Hall–Kier alpha value is -1.43. The van der Waals surface area contributed by atoms with Crippen molar-refractivity contribution in [1.29, 1.82) is 0 Å². The van der Waals surface area contributed by atoms with Crippen LogP contribution in [0.5, 0.6) is 11.5 Å². The molecule has 2 aromatic rings. The maximum atomic E-state index is 14.2. The predicted octanol–water partition coefficient (Wildman–Crippen LogP) is 3.37. The van der Waals surface area contributed by atoms with Crippen molar-refractivity contribution in [2.24, 2.45) is 5.73 Å². The summed E-state index contributed by atoms with van der Waals surface area (Å²) in [5, 5.41) is 9.03. The molecule has 0 unspecified atom stereocenters. The van der Waals surface area contributed by atoms with Gasteiger partial charge in [-0.3, -0.25) is 0 Å². The highest BCUT2D eigenvalue weighted by atomic mass is 79.9. The van der Waals surface area contributed by atoms with Gasteiger partial charge >= 0.3 is 0 Å². The second kappa shape index (κ2) is 6.83. The van der Waals surface area contributed by atoms with E-state index in [1.54, 1.807) is 24.3 Å². The number of hydrogen-bond donors (Lipinski definition) is 2. The summed E-state index contributed by atoms with van der Waals surface area (Å²) in [6.45, 7) is 0.261. The van der Waals surface area contributed by atoms with Gasteiger partial charge in [-0.05, 0) is 45.6 Å². The van der Waals surface area contributed by atoms with Crippen molar-refractivity contribution in [1.82, 2.24) is 0 Å². The lowest BCUT2D eigenvalue weighted by molar-refractivity contribution is 0.297. The Morgan fingerprint density at radius 3 is 2.55 bits per heavy atom. The molecule has 0 aliphatic carbocycles. The monoisotopic (exact) mass is 339 g/mol. The SMILES string of the molecule is NCc1ccc(Oc2ccccc2CCO)c(F)c1Br. The number of nitrogens with two attached hydrogens (primary N) is 1. The highest BCUT2D eigenvalue weighted by Crippen LogP contribution is 2.33. The fourth-order valence-corrected chi connectivity index (χ4v) is 2.35. The van der Waals surface area contributed by atoms with Gasteiger partial charge in [0.05, 0.1) is 4.47 Å². The maximum absolute atomic E-state index is 14.2. The van der Waals surface area contributed by atoms with Crippen molar-refractivity contribution in [3.8, 4) is 11.5 Å². The molecule has 0 spiro atoms. The molecular formula is C15H15BrFNO2. The van der Waals surface area contributed by atoms with E-state index in [1.165, 1.54) is 0 Å². The van der Waals surface area contributed by atoms with Gasteiger partial charge < -0.3 is 15.6 Å². The number of ether oxygens (including phenoxy) is 1. The van der Waals surface area contributed by atoms with Gasteiger partial charge in [0.25, 0.3) is 0 Å². The Kier molecular flexibility index (Phi) is 5.11. The molecule has 0 bridgehead atoms. The van der Waals surface area contributed by atoms with Crippen LogP contribution in [-0.4, -0.2) is 11.7 Å². The second-order valence-electron chi connectivity index (χ2n) is 4.24. The van der Waals surface area contributed by atoms with Crippen LogP contribution in [0.4, 0.5) is 4.39 Å². The molecule has 0 saturated heterocycles. The van der Waals surface area contributed by atoms with Crippen molar-refractivity contribution in [2.45, 2.75) is 13.0 Å². The van der Waals surface area contributed by atoms with Crippen LogP contribution < -0.4 is 10.5 Å². The minimum Gasteiger partial charge on any atom is -0.454 e. The summed E-state index contributed by atoms with van der Waals surface area (Å²) >= 11 is 3.18. The molecule has 5 heteroatoms. The Labute approximate surface area is 125 Å². The molecule has 3 N–H and O–H groups in total. The first-order valence-corrected chi connectivity index (χ1v) is 7.00. The summed E-state index contributed by atoms with van der Waals surface area (Å²) in [6.07, 6.45) is 0.458. The predicted molar refractivity (Wildman–Crippen MR) is 79.3 cm³/mol. The first-order valence-electron chi connectivity index (χ1n) is 6.21. The van der Waals surface area contributed by atoms with Crippen LogP contribution in [0.1, 0.15) is 11.1 Å². The largest absolute Gasteiger partial charge is 0.454 e. The third kappa shape index (κ3) is 3.17. The molecule has 0 heterocycles. The fraction of sp³-hybridized carbons (Fsp3) is 0.200. The van der Waals surface area contributed by atoms with Crippen molar-refractivity contribution in [3.05, 3.63) is 57.8 Å². The van der Waals surface area contributed by atoms with Gasteiger partial charge in [-0.2, -0.15) is 0 Å². The van der Waals surface area contributed by atoms with Gasteiger partial charge in [-0.1, -0.05) is 24.3 Å². The van der Waals surface area contributed by atoms with Gasteiger partial charge in [0.2, 0.25) is 0 Å². The summed E-state index contributed by atoms with van der Waals surface area (Å²) in [4.78, 5) is 0. The Balaban J connectivity index is 2.33. The van der Waals surface area contributed by atoms with Crippen molar-refractivity contribution < 1.29 is 14.2 Å². The lowest BCUT2D eigenvalue weighted by atomic mass is 10.1. The van der Waals surface area contributed by atoms with E-state index in [0.717, 1.165) is 5.56 Å². The minimum absolute atomic E-state index is 0.0126. The number of halogens is 2. The number of aliphatic hydroxyl groups is 1. The normalized spacial score (nSPS) is 10.6. The molecule has 3 nitrogen and oxygen atoms in total. The summed E-state index contributed by atoms with van der Waals surface area (Å²) in [6, 6.07) is 10.5. The second-order valence-corrected chi connectivity index (χ2v) is 5.03. The van der Waals surface area contributed by atoms with E-state index in [9.17, 15) is 4.39 Å². The van der Waals surface area contributed by atoms with Crippen LogP contribution in [-0.2, 0) is 13.0 Å². The first kappa shape index (κ1) is 15.0. The molecule has 0 aliphatic rings. The Bertz CT molecular complexity index is 604. The van der Waals surface area contributed by atoms with E-state index < -0.39 is 5.82 Å². The van der Waals surface area contributed by atoms with Crippen LogP contribution in [0, 0.1) is 5.82 Å². The smallest absolute Gasteiger partial charge is 0.180 e. The van der Waals surface area contributed by atoms with Gasteiger partial charge in [0, 0.05) is 13.2 Å². The van der Waals surface area contributed by atoms with E-state index in [0.29, 0.717) is 22.2 Å². The van der Waals surface area contributed by atoms with Crippen LogP contribution in [0.15, 0.2) is 40.9 Å². The van der Waals surface area contributed by atoms with E-state index in [4.69, 9.17) is 15.6 Å². The molecule has 2 rings (SSSR count). The quantitative estimate of drug-likeness (QED) is 0.877. The minimum atomic E-state index is -0.480. The zero-order valence-electron chi connectivity index (χ0n) is 10.8.